The molecule has 0 unspecified atom stereocenters. The van der Waals surface area contributed by atoms with Crippen LogP contribution in [0.2, 0.25) is 5.02 Å². The van der Waals surface area contributed by atoms with E-state index < -0.39 is 10.8 Å². The van der Waals surface area contributed by atoms with Crippen molar-refractivity contribution in [3.8, 4) is 0 Å². The fourth-order valence-electron chi connectivity index (χ4n) is 1.77. The van der Waals surface area contributed by atoms with E-state index in [9.17, 15) is 8.60 Å². The molecule has 0 aliphatic carbocycles. The quantitative estimate of drug-likeness (QED) is 0.887. The maximum Gasteiger partial charge on any atom is 0.125 e. The minimum absolute atomic E-state index is 0.247. The number of halogens is 2. The van der Waals surface area contributed by atoms with Crippen molar-refractivity contribution in [2.45, 2.75) is 18.9 Å². The first-order valence-electron chi connectivity index (χ1n) is 5.22. The fraction of sp³-hybridized carbons (Fsp3) is 0.455. The number of anilines is 1. The maximum absolute atomic E-state index is 13.0. The molecule has 0 bridgehead atoms. The van der Waals surface area contributed by atoms with Gasteiger partial charge in [-0.05, 0) is 31.0 Å². The summed E-state index contributed by atoms with van der Waals surface area (Å²) < 4.78 is 24.2. The Morgan fingerprint density at radius 1 is 1.38 bits per heavy atom. The average molecular weight is 262 g/mol. The van der Waals surface area contributed by atoms with E-state index in [4.69, 9.17) is 11.6 Å². The molecular formula is C11H13ClFNOS. The highest BCUT2D eigenvalue weighted by atomic mass is 35.5. The Bertz CT molecular complexity index is 403. The molecule has 1 fully saturated rings. The molecule has 1 saturated heterocycles. The predicted molar refractivity (Wildman–Crippen MR) is 65.9 cm³/mol. The third-order valence-corrected chi connectivity index (χ3v) is 4.39. The van der Waals surface area contributed by atoms with Crippen molar-refractivity contribution in [2.75, 3.05) is 16.8 Å². The maximum atomic E-state index is 13.0. The lowest BCUT2D eigenvalue weighted by atomic mass is 10.1. The van der Waals surface area contributed by atoms with E-state index in [0.717, 1.165) is 12.8 Å². The van der Waals surface area contributed by atoms with Gasteiger partial charge in [-0.2, -0.15) is 0 Å². The summed E-state index contributed by atoms with van der Waals surface area (Å²) >= 11 is 5.95. The SMILES string of the molecule is O=S1CCC(Nc2cc(F)ccc2Cl)CC1. The van der Waals surface area contributed by atoms with Crippen LogP contribution in [0.15, 0.2) is 18.2 Å². The first-order chi connectivity index (χ1) is 7.65. The van der Waals surface area contributed by atoms with E-state index >= 15 is 0 Å². The van der Waals surface area contributed by atoms with Crippen LogP contribution in [-0.4, -0.2) is 21.8 Å². The minimum Gasteiger partial charge on any atom is -0.381 e. The first-order valence-corrected chi connectivity index (χ1v) is 7.08. The minimum atomic E-state index is -0.676. The zero-order valence-electron chi connectivity index (χ0n) is 8.71. The van der Waals surface area contributed by atoms with Gasteiger partial charge in [0, 0.05) is 28.3 Å². The molecular weight excluding hydrogens is 249 g/mol. The summed E-state index contributed by atoms with van der Waals surface area (Å²) in [5.74, 6) is 1.13. The third-order valence-electron chi connectivity index (χ3n) is 2.68. The standard InChI is InChI=1S/C11H13ClFNOS/c12-10-2-1-8(13)7-11(10)14-9-3-5-16(15)6-4-9/h1-2,7,9,14H,3-6H2. The molecule has 2 rings (SSSR count). The van der Waals surface area contributed by atoms with Crippen LogP contribution in [0.4, 0.5) is 10.1 Å². The van der Waals surface area contributed by atoms with Crippen LogP contribution in [0, 0.1) is 5.82 Å². The topological polar surface area (TPSA) is 29.1 Å². The Balaban J connectivity index is 2.03. The Kier molecular flexibility index (Phi) is 3.82. The van der Waals surface area contributed by atoms with Crippen molar-refractivity contribution in [1.29, 1.82) is 0 Å². The Labute approximate surface area is 102 Å². The lowest BCUT2D eigenvalue weighted by Gasteiger charge is -2.24. The van der Waals surface area contributed by atoms with Gasteiger partial charge >= 0.3 is 0 Å². The van der Waals surface area contributed by atoms with Gasteiger partial charge in [0.2, 0.25) is 0 Å². The largest absolute Gasteiger partial charge is 0.381 e. The molecule has 1 aliphatic rings. The predicted octanol–water partition coefficient (Wildman–Crippen LogP) is 2.80. The summed E-state index contributed by atoms with van der Waals surface area (Å²) in [6, 6.07) is 4.52. The van der Waals surface area contributed by atoms with E-state index in [2.05, 4.69) is 5.32 Å². The summed E-state index contributed by atoms with van der Waals surface area (Å²) in [6.45, 7) is 0. The lowest BCUT2D eigenvalue weighted by molar-refractivity contribution is 0.617. The molecule has 0 aromatic heterocycles. The second-order valence-electron chi connectivity index (χ2n) is 3.89. The molecule has 1 N–H and O–H groups in total. The average Bonchev–Trinajstić information content (AvgIpc) is 2.27. The van der Waals surface area contributed by atoms with Crippen molar-refractivity contribution in [3.05, 3.63) is 29.0 Å². The van der Waals surface area contributed by atoms with Crippen LogP contribution in [0.1, 0.15) is 12.8 Å². The van der Waals surface area contributed by atoms with Gasteiger partial charge in [-0.3, -0.25) is 4.21 Å². The van der Waals surface area contributed by atoms with Crippen molar-refractivity contribution >= 4 is 28.1 Å². The van der Waals surface area contributed by atoms with Gasteiger partial charge in [0.15, 0.2) is 0 Å². The van der Waals surface area contributed by atoms with Crippen LogP contribution in [0.5, 0.6) is 0 Å². The van der Waals surface area contributed by atoms with Crippen LogP contribution < -0.4 is 5.32 Å². The van der Waals surface area contributed by atoms with Crippen LogP contribution in [0.25, 0.3) is 0 Å². The normalized spacial score (nSPS) is 25.4. The number of nitrogens with one attached hydrogen (secondary N) is 1. The summed E-state index contributed by atoms with van der Waals surface area (Å²) in [6.07, 6.45) is 1.69. The highest BCUT2D eigenvalue weighted by Crippen LogP contribution is 2.25. The van der Waals surface area contributed by atoms with Crippen LogP contribution in [-0.2, 0) is 10.8 Å². The number of hydrogen-bond donors (Lipinski definition) is 1. The zero-order chi connectivity index (χ0) is 11.5. The molecule has 1 aromatic carbocycles. The summed E-state index contributed by atoms with van der Waals surface area (Å²) in [7, 11) is -0.676. The third kappa shape index (κ3) is 2.95. The molecule has 0 spiro atoms. The van der Waals surface area contributed by atoms with E-state index in [0.29, 0.717) is 22.2 Å². The number of benzene rings is 1. The van der Waals surface area contributed by atoms with Crippen molar-refractivity contribution in [1.82, 2.24) is 0 Å². The van der Waals surface area contributed by atoms with Crippen molar-refractivity contribution in [2.24, 2.45) is 0 Å². The Morgan fingerprint density at radius 3 is 2.75 bits per heavy atom. The van der Waals surface area contributed by atoms with Gasteiger partial charge in [-0.15, -0.1) is 0 Å². The molecule has 5 heteroatoms. The van der Waals surface area contributed by atoms with Gasteiger partial charge in [-0.25, -0.2) is 4.39 Å². The molecule has 0 amide bonds. The molecule has 1 aliphatic heterocycles. The fourth-order valence-corrected chi connectivity index (χ4v) is 3.24. The second-order valence-corrected chi connectivity index (χ2v) is 5.99. The van der Waals surface area contributed by atoms with Gasteiger partial charge < -0.3 is 5.32 Å². The zero-order valence-corrected chi connectivity index (χ0v) is 10.3. The Morgan fingerprint density at radius 2 is 2.06 bits per heavy atom. The van der Waals surface area contributed by atoms with Gasteiger partial charge in [0.1, 0.15) is 5.82 Å². The molecule has 0 atom stereocenters. The second kappa shape index (κ2) is 5.15. The molecule has 16 heavy (non-hydrogen) atoms. The van der Waals surface area contributed by atoms with E-state index in [1.54, 1.807) is 6.07 Å². The lowest BCUT2D eigenvalue weighted by Crippen LogP contribution is -2.29. The highest BCUT2D eigenvalue weighted by Gasteiger charge is 2.18. The van der Waals surface area contributed by atoms with Gasteiger partial charge in [0.05, 0.1) is 10.7 Å². The van der Waals surface area contributed by atoms with Gasteiger partial charge in [0.25, 0.3) is 0 Å². The Hall–Kier alpha value is -0.610. The van der Waals surface area contributed by atoms with Gasteiger partial charge in [-0.1, -0.05) is 11.6 Å². The summed E-state index contributed by atoms with van der Waals surface area (Å²) in [5, 5.41) is 3.73. The smallest absolute Gasteiger partial charge is 0.125 e. The molecule has 88 valence electrons. The molecule has 2 nitrogen and oxygen atoms in total. The first kappa shape index (κ1) is 11.9. The molecule has 1 heterocycles. The number of hydrogen-bond acceptors (Lipinski definition) is 2. The van der Waals surface area contributed by atoms with E-state index in [1.807, 2.05) is 0 Å². The number of rotatable bonds is 2. The monoisotopic (exact) mass is 261 g/mol. The van der Waals surface area contributed by atoms with Crippen molar-refractivity contribution < 1.29 is 8.60 Å². The molecule has 0 radical (unpaired) electrons. The van der Waals surface area contributed by atoms with E-state index in [1.165, 1.54) is 12.1 Å². The van der Waals surface area contributed by atoms with Crippen LogP contribution >= 0.6 is 11.6 Å². The van der Waals surface area contributed by atoms with Crippen LogP contribution in [0.3, 0.4) is 0 Å². The van der Waals surface area contributed by atoms with Crippen molar-refractivity contribution in [3.63, 3.8) is 0 Å². The summed E-state index contributed by atoms with van der Waals surface area (Å²) in [5.41, 5.74) is 0.624. The highest BCUT2D eigenvalue weighted by molar-refractivity contribution is 7.85. The molecule has 0 saturated carbocycles. The summed E-state index contributed by atoms with van der Waals surface area (Å²) in [4.78, 5) is 0. The molecule has 1 aromatic rings. The van der Waals surface area contributed by atoms with E-state index in [-0.39, 0.29) is 11.9 Å².